The van der Waals surface area contributed by atoms with Crippen LogP contribution in [0.2, 0.25) is 5.02 Å². The fourth-order valence-corrected chi connectivity index (χ4v) is 3.60. The highest BCUT2D eigenvalue weighted by molar-refractivity contribution is 6.30. The fraction of sp³-hybridized carbons (Fsp3) is 0.154. The van der Waals surface area contributed by atoms with Crippen LogP contribution in [0.4, 0.5) is 33.2 Å². The first-order chi connectivity index (χ1) is 16.8. The summed E-state index contributed by atoms with van der Waals surface area (Å²) in [7, 11) is 0. The summed E-state index contributed by atoms with van der Waals surface area (Å²) in [5, 5.41) is 9.37. The second kappa shape index (κ2) is 10.9. The van der Waals surface area contributed by atoms with Crippen molar-refractivity contribution in [2.45, 2.75) is 26.7 Å². The molecule has 0 spiro atoms. The third-order valence-corrected chi connectivity index (χ3v) is 5.36. The van der Waals surface area contributed by atoms with Gasteiger partial charge in [0.2, 0.25) is 5.91 Å². The molecule has 0 bridgehead atoms. The van der Waals surface area contributed by atoms with Crippen molar-refractivity contribution in [2.75, 3.05) is 16.0 Å². The Morgan fingerprint density at radius 3 is 2.31 bits per heavy atom. The number of hydrogen-bond donors (Lipinski definition) is 3. The maximum absolute atomic E-state index is 13.3. The number of rotatable bonds is 8. The summed E-state index contributed by atoms with van der Waals surface area (Å²) in [6, 6.07) is 17.4. The summed E-state index contributed by atoms with van der Waals surface area (Å²) in [5.41, 5.74) is 3.38. The zero-order chi connectivity index (χ0) is 24.8. The van der Waals surface area contributed by atoms with Crippen LogP contribution < -0.4 is 16.0 Å². The highest BCUT2D eigenvalue weighted by atomic mass is 35.5. The van der Waals surface area contributed by atoms with Gasteiger partial charge in [0, 0.05) is 30.1 Å². The first-order valence-electron chi connectivity index (χ1n) is 11.0. The third-order valence-electron chi connectivity index (χ3n) is 5.08. The third kappa shape index (κ3) is 6.97. The van der Waals surface area contributed by atoms with E-state index in [1.165, 1.54) is 12.1 Å². The van der Waals surface area contributed by atoms with Crippen LogP contribution in [0.25, 0.3) is 0 Å². The van der Waals surface area contributed by atoms with Crippen molar-refractivity contribution >= 4 is 46.3 Å². The van der Waals surface area contributed by atoms with E-state index in [1.807, 2.05) is 38.1 Å². The van der Waals surface area contributed by atoms with Crippen molar-refractivity contribution in [3.8, 4) is 0 Å². The summed E-state index contributed by atoms with van der Waals surface area (Å²) in [6.45, 7) is 3.82. The van der Waals surface area contributed by atoms with Crippen LogP contribution in [0.1, 0.15) is 23.4 Å². The molecular formula is C26H24ClFN6O. The summed E-state index contributed by atoms with van der Waals surface area (Å²) >= 11 is 5.80. The van der Waals surface area contributed by atoms with E-state index >= 15 is 0 Å². The van der Waals surface area contributed by atoms with Crippen LogP contribution in [0.3, 0.4) is 0 Å². The number of aryl methyl sites for hydroxylation is 3. The van der Waals surface area contributed by atoms with Gasteiger partial charge in [-0.15, -0.1) is 0 Å². The largest absolute Gasteiger partial charge is 0.340 e. The van der Waals surface area contributed by atoms with Gasteiger partial charge in [-0.25, -0.2) is 19.3 Å². The molecule has 3 N–H and O–H groups in total. The van der Waals surface area contributed by atoms with Crippen molar-refractivity contribution in [3.05, 3.63) is 94.7 Å². The van der Waals surface area contributed by atoms with Crippen molar-refractivity contribution in [3.63, 3.8) is 0 Å². The number of carbonyl (C=O) groups excluding carboxylic acids is 1. The van der Waals surface area contributed by atoms with E-state index in [9.17, 15) is 9.18 Å². The number of amides is 1. The van der Waals surface area contributed by atoms with Gasteiger partial charge in [-0.3, -0.25) is 4.79 Å². The van der Waals surface area contributed by atoms with Crippen LogP contribution >= 0.6 is 11.6 Å². The Kier molecular flexibility index (Phi) is 7.52. The van der Waals surface area contributed by atoms with Crippen LogP contribution in [-0.2, 0) is 11.2 Å². The van der Waals surface area contributed by atoms with Gasteiger partial charge >= 0.3 is 0 Å². The maximum atomic E-state index is 13.3. The van der Waals surface area contributed by atoms with E-state index in [1.54, 1.807) is 30.5 Å². The molecule has 2 aromatic heterocycles. The smallest absolute Gasteiger partial charge is 0.224 e. The number of aromatic nitrogens is 3. The molecular weight excluding hydrogens is 467 g/mol. The molecule has 2 aromatic carbocycles. The van der Waals surface area contributed by atoms with E-state index < -0.39 is 5.82 Å². The molecule has 4 aromatic rings. The Morgan fingerprint density at radius 2 is 1.60 bits per heavy atom. The molecule has 9 heteroatoms. The standard InChI is InChI=1S/C26H24ClFN6O/c1-16-11-12-29-23(13-16)34-25-15-24(30-17(2)31-25)32-19-5-7-20(8-6-19)33-26(35)10-4-18-3-9-22(28)21(27)14-18/h3,5-9,11-15H,4,10H2,1-2H3,(H,33,35)(H2,29,30,31,32,34). The van der Waals surface area contributed by atoms with Gasteiger partial charge in [0.05, 0.1) is 5.02 Å². The lowest BCUT2D eigenvalue weighted by molar-refractivity contribution is -0.116. The molecule has 0 radical (unpaired) electrons. The van der Waals surface area contributed by atoms with Gasteiger partial charge in [0.1, 0.15) is 29.1 Å². The molecule has 1 amide bonds. The topological polar surface area (TPSA) is 91.8 Å². The highest BCUT2D eigenvalue weighted by Gasteiger charge is 2.07. The average Bonchev–Trinajstić information content (AvgIpc) is 2.81. The number of anilines is 5. The molecule has 178 valence electrons. The number of pyridine rings is 1. The second-order valence-corrected chi connectivity index (χ2v) is 8.44. The summed E-state index contributed by atoms with van der Waals surface area (Å²) < 4.78 is 13.3. The van der Waals surface area contributed by atoms with E-state index in [-0.39, 0.29) is 17.4 Å². The molecule has 0 aliphatic rings. The number of benzene rings is 2. The second-order valence-electron chi connectivity index (χ2n) is 8.03. The Balaban J connectivity index is 1.34. The minimum atomic E-state index is -0.471. The first-order valence-corrected chi connectivity index (χ1v) is 11.4. The fourth-order valence-electron chi connectivity index (χ4n) is 3.39. The molecule has 0 fully saturated rings. The SMILES string of the molecule is Cc1ccnc(Nc2cc(Nc3ccc(NC(=O)CCc4ccc(F)c(Cl)c4)cc3)nc(C)n2)c1. The number of halogens is 2. The van der Waals surface area contributed by atoms with Crippen LogP contribution in [0, 0.1) is 19.7 Å². The number of carbonyl (C=O) groups is 1. The molecule has 4 rings (SSSR count). The van der Waals surface area contributed by atoms with Crippen molar-refractivity contribution in [2.24, 2.45) is 0 Å². The minimum absolute atomic E-state index is 0.0552. The van der Waals surface area contributed by atoms with E-state index in [0.717, 1.165) is 16.8 Å². The van der Waals surface area contributed by atoms with Gasteiger partial charge in [-0.05, 0) is 79.9 Å². The van der Waals surface area contributed by atoms with Crippen molar-refractivity contribution in [1.82, 2.24) is 15.0 Å². The molecule has 0 atom stereocenters. The number of hydrogen-bond acceptors (Lipinski definition) is 6. The minimum Gasteiger partial charge on any atom is -0.340 e. The lowest BCUT2D eigenvalue weighted by atomic mass is 10.1. The zero-order valence-electron chi connectivity index (χ0n) is 19.3. The van der Waals surface area contributed by atoms with Gasteiger partial charge < -0.3 is 16.0 Å². The molecule has 35 heavy (non-hydrogen) atoms. The molecule has 0 aliphatic carbocycles. The monoisotopic (exact) mass is 490 g/mol. The average molecular weight is 491 g/mol. The lowest BCUT2D eigenvalue weighted by Gasteiger charge is -2.11. The molecule has 0 saturated carbocycles. The lowest BCUT2D eigenvalue weighted by Crippen LogP contribution is -2.12. The van der Waals surface area contributed by atoms with E-state index in [0.29, 0.717) is 35.4 Å². The van der Waals surface area contributed by atoms with Crippen LogP contribution in [-0.4, -0.2) is 20.9 Å². The normalized spacial score (nSPS) is 10.6. The molecule has 0 unspecified atom stereocenters. The number of nitrogens with one attached hydrogen (secondary N) is 3. The maximum Gasteiger partial charge on any atom is 0.224 e. The summed E-state index contributed by atoms with van der Waals surface area (Å²) in [4.78, 5) is 25.5. The van der Waals surface area contributed by atoms with Gasteiger partial charge in [-0.1, -0.05) is 17.7 Å². The van der Waals surface area contributed by atoms with Crippen molar-refractivity contribution < 1.29 is 9.18 Å². The summed E-state index contributed by atoms with van der Waals surface area (Å²) in [6.07, 6.45) is 2.46. The van der Waals surface area contributed by atoms with Crippen LogP contribution in [0.5, 0.6) is 0 Å². The number of nitrogens with zero attached hydrogens (tertiary/aromatic N) is 3. The predicted molar refractivity (Wildman–Crippen MR) is 137 cm³/mol. The summed E-state index contributed by atoms with van der Waals surface area (Å²) in [5.74, 6) is 1.96. The molecule has 0 aliphatic heterocycles. The Labute approximate surface area is 207 Å². The Morgan fingerprint density at radius 1 is 0.886 bits per heavy atom. The van der Waals surface area contributed by atoms with E-state index in [2.05, 4.69) is 30.9 Å². The van der Waals surface area contributed by atoms with Gasteiger partial charge in [-0.2, -0.15) is 0 Å². The molecule has 0 saturated heterocycles. The Hall–Kier alpha value is -4.04. The predicted octanol–water partition coefficient (Wildman–Crippen LogP) is 6.34. The van der Waals surface area contributed by atoms with E-state index in [4.69, 9.17) is 11.6 Å². The van der Waals surface area contributed by atoms with Gasteiger partial charge in [0.15, 0.2) is 0 Å². The first kappa shape index (κ1) is 24.1. The quantitative estimate of drug-likeness (QED) is 0.267. The van der Waals surface area contributed by atoms with Crippen molar-refractivity contribution in [1.29, 1.82) is 0 Å². The van der Waals surface area contributed by atoms with Gasteiger partial charge in [0.25, 0.3) is 0 Å². The Bertz CT molecular complexity index is 1350. The molecule has 7 nitrogen and oxygen atoms in total. The highest BCUT2D eigenvalue weighted by Crippen LogP contribution is 2.22. The van der Waals surface area contributed by atoms with Crippen LogP contribution in [0.15, 0.2) is 66.9 Å². The molecule has 2 heterocycles. The zero-order valence-corrected chi connectivity index (χ0v) is 20.0.